The first-order valence-electron chi connectivity index (χ1n) is 14.9. The Morgan fingerprint density at radius 1 is 1.07 bits per heavy atom. The number of carbonyl (C=O) groups excluding carboxylic acids is 5. The van der Waals surface area contributed by atoms with E-state index in [0.29, 0.717) is 19.3 Å². The normalized spacial score (nSPS) is 21.8. The molecule has 0 aromatic carbocycles. The Kier molecular flexibility index (Phi) is 12.2. The van der Waals surface area contributed by atoms with Crippen molar-refractivity contribution in [3.05, 3.63) is 0 Å². The average molecular weight is 624 g/mol. The smallest absolute Gasteiger partial charge is 0.315 e. The molecule has 13 heteroatoms. The van der Waals surface area contributed by atoms with Crippen molar-refractivity contribution in [1.82, 2.24) is 20.9 Å². The minimum absolute atomic E-state index is 0.0138. The molecule has 43 heavy (non-hydrogen) atoms. The number of Topliss-reactive ketones (excluding diaryl/α,β-unsaturated/α-hetero) is 1. The highest BCUT2D eigenvalue weighted by molar-refractivity contribution is 7.90. The number of nitrogens with two attached hydrogens (primary N) is 1. The van der Waals surface area contributed by atoms with Gasteiger partial charge in [0, 0.05) is 19.2 Å². The van der Waals surface area contributed by atoms with Crippen LogP contribution in [0.4, 0.5) is 4.79 Å². The minimum atomic E-state index is -3.40. The van der Waals surface area contributed by atoms with Gasteiger partial charge in [-0.2, -0.15) is 0 Å². The van der Waals surface area contributed by atoms with Gasteiger partial charge in [-0.3, -0.25) is 19.2 Å². The van der Waals surface area contributed by atoms with Crippen molar-refractivity contribution in [2.24, 2.45) is 23.0 Å². The molecule has 2 aliphatic rings. The molecule has 2 fully saturated rings. The summed E-state index contributed by atoms with van der Waals surface area (Å²) in [5.74, 6) is -0.991. The van der Waals surface area contributed by atoms with Crippen LogP contribution in [0.1, 0.15) is 86.0 Å². The number of hydrogen-bond donors (Lipinski definition) is 4. The van der Waals surface area contributed by atoms with E-state index >= 15 is 0 Å². The van der Waals surface area contributed by atoms with Crippen LogP contribution in [0.15, 0.2) is 0 Å². The number of nitrogens with zero attached hydrogens (tertiary/aromatic N) is 1. The van der Waals surface area contributed by atoms with Gasteiger partial charge in [0.1, 0.15) is 21.9 Å². The number of terminal acetylenes is 1. The Morgan fingerprint density at radius 2 is 1.67 bits per heavy atom. The summed E-state index contributed by atoms with van der Waals surface area (Å²) in [4.78, 5) is 66.5. The first kappa shape index (κ1) is 36.1. The lowest BCUT2D eigenvalue weighted by atomic mass is 9.83. The Morgan fingerprint density at radius 3 is 2.16 bits per heavy atom. The fourth-order valence-electron chi connectivity index (χ4n) is 6.04. The molecule has 5 amide bonds. The molecule has 0 spiro atoms. The van der Waals surface area contributed by atoms with Crippen molar-refractivity contribution < 1.29 is 32.4 Å². The van der Waals surface area contributed by atoms with Crippen LogP contribution in [0, 0.1) is 29.6 Å². The third kappa shape index (κ3) is 10.2. The third-order valence-electron chi connectivity index (χ3n) is 8.43. The fraction of sp³-hybridized carbons (Fsp3) is 0.767. The lowest BCUT2D eigenvalue weighted by molar-refractivity contribution is -0.143. The molecule has 0 aromatic rings. The highest BCUT2D eigenvalue weighted by atomic mass is 32.2. The Hall–Kier alpha value is -3.14. The average Bonchev–Trinajstić information content (AvgIpc) is 3.33. The highest BCUT2D eigenvalue weighted by Crippen LogP contribution is 2.33. The van der Waals surface area contributed by atoms with E-state index in [9.17, 15) is 32.4 Å². The molecule has 0 bridgehead atoms. The van der Waals surface area contributed by atoms with Crippen molar-refractivity contribution in [1.29, 1.82) is 0 Å². The topological polar surface area (TPSA) is 185 Å². The molecule has 1 saturated carbocycles. The maximum absolute atomic E-state index is 14.2. The highest BCUT2D eigenvalue weighted by Gasteiger charge is 2.46. The Labute approximate surface area is 255 Å². The number of nitrogens with one attached hydrogen (secondary N) is 3. The molecule has 1 aliphatic carbocycles. The number of likely N-dealkylation sites (tertiary alicyclic amines) is 1. The second-order valence-corrected chi connectivity index (χ2v) is 15.7. The summed E-state index contributed by atoms with van der Waals surface area (Å²) >= 11 is 0. The summed E-state index contributed by atoms with van der Waals surface area (Å²) in [6.45, 7) is 9.58. The van der Waals surface area contributed by atoms with Crippen LogP contribution in [0.3, 0.4) is 0 Å². The standard InChI is InChI=1S/C30H49N5O7S/c1-8-9-13-21(23(36)25(31)37)32-26(38)22-16-20(19(2)3)17-35(22)27(39)24(29(4,5)6)33-28(40)34-30(18-43(7,41)42)14-11-10-12-15-30/h1,19-22,24H,9-18H2,2-7H3,(H2,31,37)(H,32,38)(H2,33,34,40). The fourth-order valence-corrected chi connectivity index (χ4v) is 7.40. The number of primary amides is 1. The first-order chi connectivity index (χ1) is 19.8. The number of hydrogen-bond acceptors (Lipinski definition) is 7. The zero-order chi connectivity index (χ0) is 32.8. The van der Waals surface area contributed by atoms with Gasteiger partial charge in [0.25, 0.3) is 5.91 Å². The number of sulfone groups is 1. The van der Waals surface area contributed by atoms with Crippen LogP contribution in [0.5, 0.6) is 0 Å². The van der Waals surface area contributed by atoms with Crippen molar-refractivity contribution in [3.8, 4) is 12.3 Å². The summed E-state index contributed by atoms with van der Waals surface area (Å²) in [6, 6.07) is -3.89. The molecule has 242 valence electrons. The first-order valence-corrected chi connectivity index (χ1v) is 17.0. The second kappa shape index (κ2) is 14.6. The van der Waals surface area contributed by atoms with Gasteiger partial charge in [0.2, 0.25) is 17.6 Å². The second-order valence-electron chi connectivity index (χ2n) is 13.6. The maximum atomic E-state index is 14.2. The van der Waals surface area contributed by atoms with E-state index in [1.807, 2.05) is 13.8 Å². The lowest BCUT2D eigenvalue weighted by Gasteiger charge is -2.40. The van der Waals surface area contributed by atoms with E-state index in [0.717, 1.165) is 25.5 Å². The van der Waals surface area contributed by atoms with E-state index in [1.165, 1.54) is 4.90 Å². The van der Waals surface area contributed by atoms with Gasteiger partial charge in [-0.05, 0) is 42.9 Å². The monoisotopic (exact) mass is 623 g/mol. The Balaban J connectivity index is 2.34. The molecular weight excluding hydrogens is 574 g/mol. The number of carbonyl (C=O) groups is 5. The van der Waals surface area contributed by atoms with Crippen molar-refractivity contribution in [2.75, 3.05) is 18.6 Å². The molecule has 1 aliphatic heterocycles. The number of rotatable bonds is 12. The van der Waals surface area contributed by atoms with Crippen LogP contribution < -0.4 is 21.7 Å². The predicted octanol–water partition coefficient (Wildman–Crippen LogP) is 1.27. The van der Waals surface area contributed by atoms with Gasteiger partial charge >= 0.3 is 6.03 Å². The molecule has 0 aromatic heterocycles. The van der Waals surface area contributed by atoms with E-state index < -0.39 is 68.5 Å². The molecular formula is C30H49N5O7S. The number of urea groups is 1. The van der Waals surface area contributed by atoms with Crippen molar-refractivity contribution >= 4 is 39.4 Å². The van der Waals surface area contributed by atoms with E-state index in [2.05, 4.69) is 21.9 Å². The van der Waals surface area contributed by atoms with Gasteiger partial charge in [-0.25, -0.2) is 13.2 Å². The largest absolute Gasteiger partial charge is 0.363 e. The molecule has 12 nitrogen and oxygen atoms in total. The zero-order valence-corrected chi connectivity index (χ0v) is 27.1. The zero-order valence-electron chi connectivity index (χ0n) is 26.3. The van der Waals surface area contributed by atoms with Crippen LogP contribution in [-0.2, 0) is 29.0 Å². The lowest BCUT2D eigenvalue weighted by Crippen LogP contribution is -2.63. The van der Waals surface area contributed by atoms with Crippen LogP contribution in [0.2, 0.25) is 0 Å². The quantitative estimate of drug-likeness (QED) is 0.186. The van der Waals surface area contributed by atoms with Crippen molar-refractivity contribution in [3.63, 3.8) is 0 Å². The number of ketones is 1. The van der Waals surface area contributed by atoms with Gasteiger partial charge < -0.3 is 26.6 Å². The van der Waals surface area contributed by atoms with Gasteiger partial charge in [-0.15, -0.1) is 12.3 Å². The SMILES string of the molecule is C#CCCC(NC(=O)C1CC(C(C)C)CN1C(=O)C(NC(=O)NC1(CS(C)(=O)=O)CCCCC1)C(C)(C)C)C(=O)C(N)=O. The van der Waals surface area contributed by atoms with Gasteiger partial charge in [0.05, 0.1) is 17.3 Å². The molecule has 0 radical (unpaired) electrons. The summed E-state index contributed by atoms with van der Waals surface area (Å²) < 4.78 is 24.4. The predicted molar refractivity (Wildman–Crippen MR) is 163 cm³/mol. The van der Waals surface area contributed by atoms with E-state index in [1.54, 1.807) is 20.8 Å². The molecule has 1 heterocycles. The maximum Gasteiger partial charge on any atom is 0.315 e. The molecule has 4 unspecified atom stereocenters. The minimum Gasteiger partial charge on any atom is -0.363 e. The molecule has 5 N–H and O–H groups in total. The molecule has 1 saturated heterocycles. The van der Waals surface area contributed by atoms with Crippen LogP contribution >= 0.6 is 0 Å². The summed E-state index contributed by atoms with van der Waals surface area (Å²) in [5.41, 5.74) is 3.48. The number of amides is 5. The summed E-state index contributed by atoms with van der Waals surface area (Å²) in [6.07, 6.45) is 10.4. The molecule has 4 atom stereocenters. The summed E-state index contributed by atoms with van der Waals surface area (Å²) in [5, 5.41) is 8.26. The van der Waals surface area contributed by atoms with Crippen molar-refractivity contribution in [2.45, 2.75) is 110 Å². The van der Waals surface area contributed by atoms with E-state index in [4.69, 9.17) is 12.2 Å². The van der Waals surface area contributed by atoms with E-state index in [-0.39, 0.29) is 37.0 Å². The van der Waals surface area contributed by atoms with Crippen LogP contribution in [-0.4, -0.2) is 85.1 Å². The molecule has 2 rings (SSSR count). The Bertz CT molecular complexity index is 1210. The van der Waals surface area contributed by atoms with Gasteiger partial charge in [0.15, 0.2) is 0 Å². The van der Waals surface area contributed by atoms with Gasteiger partial charge in [-0.1, -0.05) is 53.9 Å². The van der Waals surface area contributed by atoms with Crippen LogP contribution in [0.25, 0.3) is 0 Å². The third-order valence-corrected chi connectivity index (χ3v) is 9.51. The summed E-state index contributed by atoms with van der Waals surface area (Å²) in [7, 11) is -3.40.